The van der Waals surface area contributed by atoms with Crippen LogP contribution in [0.2, 0.25) is 0 Å². The van der Waals surface area contributed by atoms with E-state index in [4.69, 9.17) is 5.73 Å². The molecule has 15 heavy (non-hydrogen) atoms. The van der Waals surface area contributed by atoms with Crippen LogP contribution in [0.25, 0.3) is 0 Å². The van der Waals surface area contributed by atoms with Gasteiger partial charge in [-0.15, -0.1) is 0 Å². The van der Waals surface area contributed by atoms with Crippen molar-refractivity contribution in [3.8, 4) is 0 Å². The fraction of sp³-hybridized carbons (Fsp3) is 0.571. The van der Waals surface area contributed by atoms with Gasteiger partial charge in [0.1, 0.15) is 0 Å². The number of hydrogen-bond acceptors (Lipinski definition) is 1. The molecule has 0 amide bonds. The van der Waals surface area contributed by atoms with Gasteiger partial charge in [0.2, 0.25) is 0 Å². The maximum absolute atomic E-state index is 5.75. The average Bonchev–Trinajstić information content (AvgIpc) is 2.17. The number of hydrogen-bond donors (Lipinski definition) is 1. The highest BCUT2D eigenvalue weighted by molar-refractivity contribution is 5.40. The first-order valence-electron chi connectivity index (χ1n) is 5.96. The van der Waals surface area contributed by atoms with E-state index in [1.54, 1.807) is 5.56 Å². The molecule has 2 rings (SSSR count). The summed E-state index contributed by atoms with van der Waals surface area (Å²) in [6, 6.07) is 6.69. The van der Waals surface area contributed by atoms with Crippen molar-refractivity contribution in [2.45, 2.75) is 44.9 Å². The monoisotopic (exact) mass is 203 g/mol. The summed E-state index contributed by atoms with van der Waals surface area (Å²) in [7, 11) is 0. The van der Waals surface area contributed by atoms with Gasteiger partial charge in [-0.1, -0.05) is 24.6 Å². The number of rotatable bonds is 3. The number of benzene rings is 1. The van der Waals surface area contributed by atoms with Gasteiger partial charge in [-0.2, -0.15) is 0 Å². The molecule has 1 heteroatoms. The second-order valence-electron chi connectivity index (χ2n) is 4.92. The Balaban J connectivity index is 2.38. The van der Waals surface area contributed by atoms with Crippen molar-refractivity contribution in [1.82, 2.24) is 0 Å². The van der Waals surface area contributed by atoms with Gasteiger partial charge in [0.15, 0.2) is 0 Å². The van der Waals surface area contributed by atoms with Gasteiger partial charge in [-0.3, -0.25) is 0 Å². The Labute approximate surface area is 92.7 Å². The van der Waals surface area contributed by atoms with E-state index in [-0.39, 0.29) is 0 Å². The van der Waals surface area contributed by atoms with Crippen LogP contribution in [0.4, 0.5) is 0 Å². The quantitative estimate of drug-likeness (QED) is 0.802. The topological polar surface area (TPSA) is 26.0 Å². The van der Waals surface area contributed by atoms with E-state index >= 15 is 0 Å². The maximum Gasteiger partial charge on any atom is -0.00323 e. The minimum atomic E-state index is 0.421. The number of aryl methyl sites for hydroxylation is 1. The summed E-state index contributed by atoms with van der Waals surface area (Å²) in [5.41, 5.74) is 10.6. The Morgan fingerprint density at radius 2 is 2.00 bits per heavy atom. The minimum Gasteiger partial charge on any atom is -0.330 e. The summed E-state index contributed by atoms with van der Waals surface area (Å²) in [4.78, 5) is 0. The standard InChI is InChI=1S/C14H21N/c1-11-5-3-6-13(12(11)2)14(9-10-15)7-4-8-14/h3,5-6H,4,7-10,15H2,1-2H3. The fourth-order valence-electron chi connectivity index (χ4n) is 2.86. The van der Waals surface area contributed by atoms with E-state index in [1.807, 2.05) is 0 Å². The second kappa shape index (κ2) is 3.97. The van der Waals surface area contributed by atoms with E-state index < -0.39 is 0 Å². The highest BCUT2D eigenvalue weighted by Crippen LogP contribution is 2.47. The molecule has 0 atom stereocenters. The van der Waals surface area contributed by atoms with E-state index in [0.717, 1.165) is 13.0 Å². The normalized spacial score (nSPS) is 18.6. The lowest BCUT2D eigenvalue weighted by atomic mass is 9.61. The first-order valence-corrected chi connectivity index (χ1v) is 5.96. The van der Waals surface area contributed by atoms with E-state index in [0.29, 0.717) is 5.41 Å². The van der Waals surface area contributed by atoms with Crippen LogP contribution in [0, 0.1) is 13.8 Å². The largest absolute Gasteiger partial charge is 0.330 e. The van der Waals surface area contributed by atoms with Crippen LogP contribution < -0.4 is 5.73 Å². The third-order valence-corrected chi connectivity index (χ3v) is 4.11. The molecule has 1 saturated carbocycles. The van der Waals surface area contributed by atoms with E-state index in [9.17, 15) is 0 Å². The van der Waals surface area contributed by atoms with Gasteiger partial charge in [0.05, 0.1) is 0 Å². The molecule has 1 aromatic carbocycles. The zero-order valence-corrected chi connectivity index (χ0v) is 9.84. The third kappa shape index (κ3) is 1.69. The second-order valence-corrected chi connectivity index (χ2v) is 4.92. The SMILES string of the molecule is Cc1cccc(C2(CCN)CCC2)c1C. The molecule has 0 spiro atoms. The van der Waals surface area contributed by atoms with Crippen molar-refractivity contribution in [2.24, 2.45) is 5.73 Å². The summed E-state index contributed by atoms with van der Waals surface area (Å²) < 4.78 is 0. The lowest BCUT2D eigenvalue weighted by Gasteiger charge is -2.43. The van der Waals surface area contributed by atoms with Crippen molar-refractivity contribution < 1.29 is 0 Å². The van der Waals surface area contributed by atoms with Crippen molar-refractivity contribution in [2.75, 3.05) is 6.54 Å². The van der Waals surface area contributed by atoms with Crippen LogP contribution in [0.1, 0.15) is 42.4 Å². The Kier molecular flexibility index (Phi) is 2.83. The molecule has 1 aliphatic carbocycles. The van der Waals surface area contributed by atoms with Gasteiger partial charge in [-0.05, 0) is 61.8 Å². The average molecular weight is 203 g/mol. The molecule has 1 fully saturated rings. The molecule has 0 radical (unpaired) electrons. The number of nitrogens with two attached hydrogens (primary N) is 1. The van der Waals surface area contributed by atoms with Gasteiger partial charge >= 0.3 is 0 Å². The molecule has 2 N–H and O–H groups in total. The van der Waals surface area contributed by atoms with Crippen LogP contribution in [0.3, 0.4) is 0 Å². The molecule has 0 bridgehead atoms. The zero-order chi connectivity index (χ0) is 10.9. The first-order chi connectivity index (χ1) is 7.19. The smallest absolute Gasteiger partial charge is 0.00323 e. The van der Waals surface area contributed by atoms with Crippen molar-refractivity contribution >= 4 is 0 Å². The zero-order valence-electron chi connectivity index (χ0n) is 9.84. The summed E-state index contributed by atoms with van der Waals surface area (Å²) in [6.45, 7) is 5.27. The lowest BCUT2D eigenvalue weighted by molar-refractivity contribution is 0.228. The van der Waals surface area contributed by atoms with Gasteiger partial charge in [-0.25, -0.2) is 0 Å². The van der Waals surface area contributed by atoms with Gasteiger partial charge in [0, 0.05) is 0 Å². The molecule has 0 aromatic heterocycles. The summed E-state index contributed by atoms with van der Waals surface area (Å²) in [6.07, 6.45) is 5.17. The Hall–Kier alpha value is -0.820. The molecule has 0 saturated heterocycles. The van der Waals surface area contributed by atoms with Gasteiger partial charge < -0.3 is 5.73 Å². The summed E-state index contributed by atoms with van der Waals surface area (Å²) in [5.74, 6) is 0. The lowest BCUT2D eigenvalue weighted by Crippen LogP contribution is -2.37. The predicted molar refractivity (Wildman–Crippen MR) is 65.1 cm³/mol. The van der Waals surface area contributed by atoms with Crippen LogP contribution >= 0.6 is 0 Å². The molecule has 1 aromatic rings. The molecule has 0 heterocycles. The Morgan fingerprint density at radius 3 is 2.53 bits per heavy atom. The van der Waals surface area contributed by atoms with Gasteiger partial charge in [0.25, 0.3) is 0 Å². The highest BCUT2D eigenvalue weighted by atomic mass is 14.6. The molecule has 82 valence electrons. The van der Waals surface area contributed by atoms with Crippen molar-refractivity contribution in [3.63, 3.8) is 0 Å². The molecule has 0 aliphatic heterocycles. The van der Waals surface area contributed by atoms with E-state index in [1.165, 1.54) is 30.4 Å². The Bertz CT molecular complexity index is 350. The van der Waals surface area contributed by atoms with Crippen LogP contribution in [0.5, 0.6) is 0 Å². The molecule has 1 aliphatic rings. The van der Waals surface area contributed by atoms with Crippen molar-refractivity contribution in [1.29, 1.82) is 0 Å². The molecule has 0 unspecified atom stereocenters. The Morgan fingerprint density at radius 1 is 1.27 bits per heavy atom. The first kappa shape index (κ1) is 10.7. The summed E-state index contributed by atoms with van der Waals surface area (Å²) in [5, 5.41) is 0. The van der Waals surface area contributed by atoms with Crippen molar-refractivity contribution in [3.05, 3.63) is 34.9 Å². The molecular weight excluding hydrogens is 182 g/mol. The van der Waals surface area contributed by atoms with E-state index in [2.05, 4.69) is 32.0 Å². The predicted octanol–water partition coefficient (Wildman–Crippen LogP) is 3.07. The van der Waals surface area contributed by atoms with Crippen LogP contribution in [-0.2, 0) is 5.41 Å². The third-order valence-electron chi connectivity index (χ3n) is 4.11. The minimum absolute atomic E-state index is 0.421. The van der Waals surface area contributed by atoms with Crippen LogP contribution in [0.15, 0.2) is 18.2 Å². The fourth-order valence-corrected chi connectivity index (χ4v) is 2.86. The highest BCUT2D eigenvalue weighted by Gasteiger charge is 2.38. The maximum atomic E-state index is 5.75. The molecular formula is C14H21N. The summed E-state index contributed by atoms with van der Waals surface area (Å²) >= 11 is 0. The van der Waals surface area contributed by atoms with Crippen LogP contribution in [-0.4, -0.2) is 6.54 Å². The molecule has 1 nitrogen and oxygen atoms in total.